The van der Waals surface area contributed by atoms with Crippen LogP contribution >= 0.6 is 11.8 Å². The maximum absolute atomic E-state index is 9.78. The minimum atomic E-state index is 0.683. The zero-order chi connectivity index (χ0) is 19.0. The summed E-state index contributed by atoms with van der Waals surface area (Å²) in [6.07, 6.45) is 0.888. The molecule has 4 heteroatoms. The van der Waals surface area contributed by atoms with Crippen LogP contribution < -0.4 is 0 Å². The van der Waals surface area contributed by atoms with Gasteiger partial charge in [-0.25, -0.2) is 4.98 Å². The molecule has 4 aromatic rings. The second-order valence-electron chi connectivity index (χ2n) is 6.78. The second-order valence-corrected chi connectivity index (χ2v) is 7.75. The molecule has 2 aromatic carbocycles. The van der Waals surface area contributed by atoms with Crippen molar-refractivity contribution < 1.29 is 0 Å². The quantitative estimate of drug-likeness (QED) is 0.424. The highest BCUT2D eigenvalue weighted by Gasteiger charge is 2.20. The van der Waals surface area contributed by atoms with Crippen molar-refractivity contribution in [3.05, 3.63) is 76.3 Å². The lowest BCUT2D eigenvalue weighted by Gasteiger charge is -2.16. The van der Waals surface area contributed by atoms with Gasteiger partial charge in [-0.05, 0) is 49.1 Å². The van der Waals surface area contributed by atoms with Crippen LogP contribution in [0.25, 0.3) is 16.7 Å². The predicted octanol–water partition coefficient (Wildman–Crippen LogP) is 5.83. The molecule has 0 bridgehead atoms. The molecule has 0 spiro atoms. The topological polar surface area (TPSA) is 41.1 Å². The number of benzene rings is 2. The zero-order valence-corrected chi connectivity index (χ0v) is 16.6. The summed E-state index contributed by atoms with van der Waals surface area (Å²) in [5.41, 5.74) is 8.29. The largest absolute Gasteiger partial charge is 0.286 e. The number of para-hydroxylation sites is 2. The van der Waals surface area contributed by atoms with Crippen LogP contribution in [0.2, 0.25) is 0 Å². The summed E-state index contributed by atoms with van der Waals surface area (Å²) in [4.78, 5) is 4.78. The molecule has 2 aromatic heterocycles. The van der Waals surface area contributed by atoms with E-state index < -0.39 is 0 Å². The molecule has 0 aliphatic rings. The lowest BCUT2D eigenvalue weighted by atomic mass is 10.0. The molecule has 0 radical (unpaired) electrons. The van der Waals surface area contributed by atoms with Crippen molar-refractivity contribution in [3.63, 3.8) is 0 Å². The molecule has 0 N–H and O–H groups in total. The molecule has 0 atom stereocenters. The number of imidazole rings is 1. The van der Waals surface area contributed by atoms with Crippen LogP contribution in [-0.4, -0.2) is 9.38 Å². The smallest absolute Gasteiger partial charge is 0.157 e. The molecular formula is C23H21N3S. The Balaban J connectivity index is 1.94. The molecule has 134 valence electrons. The third kappa shape index (κ3) is 2.98. The van der Waals surface area contributed by atoms with Crippen LogP contribution in [-0.2, 0) is 12.2 Å². The van der Waals surface area contributed by atoms with Crippen LogP contribution in [0.15, 0.2) is 53.6 Å². The summed E-state index contributed by atoms with van der Waals surface area (Å²) < 4.78 is 2.18. The summed E-state index contributed by atoms with van der Waals surface area (Å²) in [6.45, 7) is 6.31. The maximum Gasteiger partial charge on any atom is 0.157 e. The fraction of sp³-hybridized carbons (Fsp3) is 0.217. The van der Waals surface area contributed by atoms with Crippen LogP contribution in [0, 0.1) is 25.2 Å². The number of fused-ring (bicyclic) bond motifs is 3. The average Bonchev–Trinajstić information content (AvgIpc) is 3.06. The van der Waals surface area contributed by atoms with Crippen molar-refractivity contribution in [2.24, 2.45) is 0 Å². The molecular weight excluding hydrogens is 350 g/mol. The first-order chi connectivity index (χ1) is 13.1. The molecule has 0 aliphatic heterocycles. The van der Waals surface area contributed by atoms with Gasteiger partial charge in [-0.15, -0.1) is 11.8 Å². The van der Waals surface area contributed by atoms with E-state index in [2.05, 4.69) is 54.6 Å². The molecule has 2 heterocycles. The third-order valence-corrected chi connectivity index (χ3v) is 6.21. The molecule has 0 aliphatic carbocycles. The number of hydrogen-bond donors (Lipinski definition) is 0. The molecule has 0 unspecified atom stereocenters. The second kappa shape index (κ2) is 7.09. The standard InChI is InChI=1S/C23H21N3S/c1-4-18-16(3)19(13-24)22-25-20-7-5-6-8-21(20)26(22)23(18)27-14-17-11-9-15(2)10-12-17/h5-12H,4,14H2,1-3H3. The number of nitriles is 1. The van der Waals surface area contributed by atoms with E-state index in [0.717, 1.165) is 34.4 Å². The normalized spacial score (nSPS) is 11.2. The van der Waals surface area contributed by atoms with Crippen LogP contribution in [0.1, 0.15) is 34.7 Å². The summed E-state index contributed by atoms with van der Waals surface area (Å²) in [6, 6.07) is 19.2. The molecule has 0 amide bonds. The van der Waals surface area contributed by atoms with Crippen molar-refractivity contribution in [2.45, 2.75) is 38.0 Å². The minimum Gasteiger partial charge on any atom is -0.286 e. The van der Waals surface area contributed by atoms with Crippen LogP contribution in [0.5, 0.6) is 0 Å². The molecule has 3 nitrogen and oxygen atoms in total. The van der Waals surface area contributed by atoms with Gasteiger partial charge in [-0.2, -0.15) is 5.26 Å². The number of rotatable bonds is 4. The number of hydrogen-bond acceptors (Lipinski definition) is 3. The molecule has 4 rings (SSSR count). The first kappa shape index (κ1) is 17.6. The Labute approximate surface area is 163 Å². The lowest BCUT2D eigenvalue weighted by molar-refractivity contribution is 0.936. The van der Waals surface area contributed by atoms with E-state index >= 15 is 0 Å². The van der Waals surface area contributed by atoms with Gasteiger partial charge < -0.3 is 0 Å². The van der Waals surface area contributed by atoms with E-state index in [9.17, 15) is 5.26 Å². The highest BCUT2D eigenvalue weighted by molar-refractivity contribution is 7.98. The van der Waals surface area contributed by atoms with E-state index in [4.69, 9.17) is 4.98 Å². The van der Waals surface area contributed by atoms with E-state index in [1.165, 1.54) is 21.7 Å². The molecule has 0 saturated heterocycles. The van der Waals surface area contributed by atoms with E-state index in [-0.39, 0.29) is 0 Å². The monoisotopic (exact) mass is 371 g/mol. The van der Waals surface area contributed by atoms with E-state index in [0.29, 0.717) is 5.56 Å². The van der Waals surface area contributed by atoms with Gasteiger partial charge in [-0.3, -0.25) is 4.40 Å². The Hall–Kier alpha value is -2.77. The highest BCUT2D eigenvalue weighted by atomic mass is 32.2. The van der Waals surface area contributed by atoms with Crippen LogP contribution in [0.4, 0.5) is 0 Å². The third-order valence-electron chi connectivity index (χ3n) is 5.03. The van der Waals surface area contributed by atoms with Gasteiger partial charge in [0, 0.05) is 5.75 Å². The highest BCUT2D eigenvalue weighted by Crippen LogP contribution is 2.35. The van der Waals surface area contributed by atoms with Gasteiger partial charge in [0.1, 0.15) is 6.07 Å². The van der Waals surface area contributed by atoms with E-state index in [1.807, 2.05) is 36.9 Å². The minimum absolute atomic E-state index is 0.683. The van der Waals surface area contributed by atoms with Gasteiger partial charge >= 0.3 is 0 Å². The fourth-order valence-electron chi connectivity index (χ4n) is 3.55. The average molecular weight is 372 g/mol. The Morgan fingerprint density at radius 1 is 1.07 bits per heavy atom. The van der Waals surface area contributed by atoms with Crippen molar-refractivity contribution in [2.75, 3.05) is 0 Å². The Morgan fingerprint density at radius 2 is 1.81 bits per heavy atom. The number of aryl methyl sites for hydroxylation is 1. The maximum atomic E-state index is 9.78. The summed E-state index contributed by atoms with van der Waals surface area (Å²) in [5.74, 6) is 0.889. The summed E-state index contributed by atoms with van der Waals surface area (Å²) in [7, 11) is 0. The number of nitrogens with zero attached hydrogens (tertiary/aromatic N) is 3. The molecule has 0 fully saturated rings. The summed E-state index contributed by atoms with van der Waals surface area (Å²) in [5, 5.41) is 11.0. The van der Waals surface area contributed by atoms with Crippen molar-refractivity contribution in [3.8, 4) is 6.07 Å². The number of thioether (sulfide) groups is 1. The van der Waals surface area contributed by atoms with E-state index in [1.54, 1.807) is 0 Å². The Kier molecular flexibility index (Phi) is 4.63. The van der Waals surface area contributed by atoms with Crippen LogP contribution in [0.3, 0.4) is 0 Å². The molecule has 0 saturated carbocycles. The van der Waals surface area contributed by atoms with Crippen molar-refractivity contribution in [1.29, 1.82) is 5.26 Å². The number of pyridine rings is 1. The SMILES string of the molecule is CCc1c(C)c(C#N)c2nc3ccccc3n2c1SCc1ccc(C)cc1. The molecule has 27 heavy (non-hydrogen) atoms. The lowest BCUT2D eigenvalue weighted by Crippen LogP contribution is -2.04. The van der Waals surface area contributed by atoms with Gasteiger partial charge in [-0.1, -0.05) is 48.9 Å². The van der Waals surface area contributed by atoms with Gasteiger partial charge in [0.25, 0.3) is 0 Å². The van der Waals surface area contributed by atoms with Gasteiger partial charge in [0.2, 0.25) is 0 Å². The van der Waals surface area contributed by atoms with Crippen molar-refractivity contribution in [1.82, 2.24) is 9.38 Å². The van der Waals surface area contributed by atoms with Gasteiger partial charge in [0.05, 0.1) is 21.6 Å². The Bertz CT molecular complexity index is 1180. The number of aromatic nitrogens is 2. The Morgan fingerprint density at radius 3 is 2.52 bits per heavy atom. The first-order valence-electron chi connectivity index (χ1n) is 9.15. The fourth-order valence-corrected chi connectivity index (χ4v) is 4.83. The first-order valence-corrected chi connectivity index (χ1v) is 10.1. The summed E-state index contributed by atoms with van der Waals surface area (Å²) >= 11 is 1.83. The van der Waals surface area contributed by atoms with Crippen molar-refractivity contribution >= 4 is 28.4 Å². The zero-order valence-electron chi connectivity index (χ0n) is 15.8. The predicted molar refractivity (Wildman–Crippen MR) is 112 cm³/mol. The van der Waals surface area contributed by atoms with Gasteiger partial charge in [0.15, 0.2) is 5.65 Å².